The molecule has 0 saturated carbocycles. The monoisotopic (exact) mass is 624 g/mol. The van der Waals surface area contributed by atoms with Gasteiger partial charge >= 0.3 is 0 Å². The van der Waals surface area contributed by atoms with E-state index in [4.69, 9.17) is 24.2 Å². The van der Waals surface area contributed by atoms with Crippen LogP contribution in [-0.4, -0.2) is 42.6 Å². The minimum Gasteiger partial charge on any atom is -0.493 e. The predicted molar refractivity (Wildman–Crippen MR) is 175 cm³/mol. The van der Waals surface area contributed by atoms with Crippen LogP contribution in [-0.2, 0) is 32.4 Å². The molecule has 9 heteroatoms. The first kappa shape index (κ1) is 30.7. The maximum atomic E-state index is 13.3. The lowest BCUT2D eigenvalue weighted by Gasteiger charge is -2.30. The summed E-state index contributed by atoms with van der Waals surface area (Å²) < 4.78 is 43.1. The molecule has 0 bridgehead atoms. The fourth-order valence-electron chi connectivity index (χ4n) is 6.05. The molecule has 2 aromatic heterocycles. The van der Waals surface area contributed by atoms with E-state index in [0.29, 0.717) is 23.6 Å². The lowest BCUT2D eigenvalue weighted by Crippen LogP contribution is -2.27. The van der Waals surface area contributed by atoms with Crippen LogP contribution in [0.1, 0.15) is 56.1 Å². The number of nitrogens with zero attached hydrogens (tertiary/aromatic N) is 2. The summed E-state index contributed by atoms with van der Waals surface area (Å²) in [5.41, 5.74) is 5.85. The number of ether oxygens (including phenoxy) is 3. The number of sulfone groups is 1. The molecule has 0 amide bonds. The van der Waals surface area contributed by atoms with Crippen molar-refractivity contribution in [2.45, 2.75) is 64.2 Å². The van der Waals surface area contributed by atoms with E-state index in [0.717, 1.165) is 50.7 Å². The van der Waals surface area contributed by atoms with E-state index in [2.05, 4.69) is 0 Å². The van der Waals surface area contributed by atoms with Crippen LogP contribution in [0.25, 0.3) is 32.9 Å². The topological polar surface area (TPSA) is 105 Å². The van der Waals surface area contributed by atoms with Crippen molar-refractivity contribution in [1.29, 1.82) is 0 Å². The number of benzene rings is 3. The van der Waals surface area contributed by atoms with Crippen molar-refractivity contribution < 1.29 is 27.4 Å². The SMILES string of the molecule is CC(=O)[C@@H](OC(C)(C)C)c1c(C)cc2nc(OCc3ccccc3S(C)(=O)=O)ccc2c1-c1ccc2c3c(ccnc13)CCO2. The number of aryl methyl sites for hydroxylation is 1. The highest BCUT2D eigenvalue weighted by molar-refractivity contribution is 7.90. The fraction of sp³-hybridized carbons (Fsp3) is 0.306. The van der Waals surface area contributed by atoms with Crippen molar-refractivity contribution >= 4 is 37.4 Å². The Balaban J connectivity index is 1.55. The maximum absolute atomic E-state index is 13.3. The van der Waals surface area contributed by atoms with Crippen LogP contribution in [0.4, 0.5) is 0 Å². The highest BCUT2D eigenvalue weighted by Crippen LogP contribution is 2.45. The first-order valence-corrected chi connectivity index (χ1v) is 16.8. The van der Waals surface area contributed by atoms with E-state index < -0.39 is 21.5 Å². The highest BCUT2D eigenvalue weighted by atomic mass is 32.2. The Hall–Kier alpha value is -4.34. The van der Waals surface area contributed by atoms with Gasteiger partial charge in [-0.05, 0) is 93.3 Å². The van der Waals surface area contributed by atoms with Gasteiger partial charge < -0.3 is 14.2 Å². The lowest BCUT2D eigenvalue weighted by atomic mass is 9.86. The molecule has 0 unspecified atom stereocenters. The molecule has 3 aromatic carbocycles. The molecule has 0 spiro atoms. The van der Waals surface area contributed by atoms with Crippen molar-refractivity contribution in [3.63, 3.8) is 0 Å². The normalized spacial score (nSPS) is 13.9. The smallest absolute Gasteiger partial charge is 0.214 e. The number of rotatable bonds is 8. The van der Waals surface area contributed by atoms with E-state index in [-0.39, 0.29) is 17.3 Å². The van der Waals surface area contributed by atoms with Crippen molar-refractivity contribution in [2.24, 2.45) is 0 Å². The summed E-state index contributed by atoms with van der Waals surface area (Å²) >= 11 is 0. The molecule has 0 radical (unpaired) electrons. The van der Waals surface area contributed by atoms with Gasteiger partial charge in [0.2, 0.25) is 5.88 Å². The number of pyridine rings is 2. The van der Waals surface area contributed by atoms with Gasteiger partial charge in [-0.2, -0.15) is 0 Å². The Bertz CT molecular complexity index is 2070. The quantitative estimate of drug-likeness (QED) is 0.180. The Morgan fingerprint density at radius 1 is 1.07 bits per heavy atom. The van der Waals surface area contributed by atoms with Crippen molar-refractivity contribution in [1.82, 2.24) is 9.97 Å². The van der Waals surface area contributed by atoms with E-state index in [1.165, 1.54) is 11.8 Å². The van der Waals surface area contributed by atoms with E-state index in [1.54, 1.807) is 37.3 Å². The van der Waals surface area contributed by atoms with Gasteiger partial charge in [0.05, 0.1) is 28.1 Å². The number of carbonyl (C=O) groups is 1. The van der Waals surface area contributed by atoms with E-state index in [1.807, 2.05) is 64.2 Å². The first-order valence-electron chi connectivity index (χ1n) is 14.9. The molecular weight excluding hydrogens is 588 g/mol. The zero-order valence-electron chi connectivity index (χ0n) is 26.3. The molecule has 0 fully saturated rings. The van der Waals surface area contributed by atoms with Gasteiger partial charge in [-0.3, -0.25) is 9.78 Å². The average Bonchev–Trinajstić information content (AvgIpc) is 2.98. The summed E-state index contributed by atoms with van der Waals surface area (Å²) in [5.74, 6) is 1.03. The molecule has 6 rings (SSSR count). The molecule has 0 aliphatic carbocycles. The molecule has 8 nitrogen and oxygen atoms in total. The molecule has 5 aromatic rings. The number of hydrogen-bond acceptors (Lipinski definition) is 8. The summed E-state index contributed by atoms with van der Waals surface area (Å²) in [7, 11) is -3.42. The number of ketones is 1. The Morgan fingerprint density at radius 3 is 2.58 bits per heavy atom. The van der Waals surface area contributed by atoms with Crippen molar-refractivity contribution in [2.75, 3.05) is 12.9 Å². The second-order valence-corrected chi connectivity index (χ2v) is 14.5. The molecule has 1 aliphatic heterocycles. The molecule has 0 saturated heterocycles. The van der Waals surface area contributed by atoms with Crippen molar-refractivity contribution in [3.8, 4) is 22.8 Å². The zero-order valence-corrected chi connectivity index (χ0v) is 27.1. The van der Waals surface area contributed by atoms with Crippen LogP contribution in [0, 0.1) is 6.92 Å². The maximum Gasteiger partial charge on any atom is 0.214 e. The summed E-state index contributed by atoms with van der Waals surface area (Å²) in [5, 5.41) is 1.78. The minimum atomic E-state index is -3.42. The number of Topliss-reactive ketones (excluding diaryl/α,β-unsaturated/α-hetero) is 1. The van der Waals surface area contributed by atoms with Gasteiger partial charge in [0, 0.05) is 46.8 Å². The first-order chi connectivity index (χ1) is 21.3. The van der Waals surface area contributed by atoms with Gasteiger partial charge in [-0.1, -0.05) is 18.2 Å². The number of carbonyl (C=O) groups excluding carboxylic acids is 1. The summed E-state index contributed by atoms with van der Waals surface area (Å²) in [6.45, 7) is 9.97. The third-order valence-corrected chi connectivity index (χ3v) is 9.10. The largest absolute Gasteiger partial charge is 0.493 e. The number of aromatic nitrogens is 2. The van der Waals surface area contributed by atoms with Crippen LogP contribution in [0.3, 0.4) is 0 Å². The van der Waals surface area contributed by atoms with Gasteiger partial charge in [-0.15, -0.1) is 0 Å². The zero-order chi connectivity index (χ0) is 32.1. The average molecular weight is 625 g/mol. The van der Waals surface area contributed by atoms with Crippen LogP contribution >= 0.6 is 0 Å². The highest BCUT2D eigenvalue weighted by Gasteiger charge is 2.31. The second kappa shape index (κ2) is 11.5. The summed E-state index contributed by atoms with van der Waals surface area (Å²) in [6.07, 6.45) is 2.96. The predicted octanol–water partition coefficient (Wildman–Crippen LogP) is 7.12. The van der Waals surface area contributed by atoms with Crippen LogP contribution in [0.2, 0.25) is 0 Å². The number of fused-ring (bicyclic) bond motifs is 1. The summed E-state index contributed by atoms with van der Waals surface area (Å²) in [4.78, 5) is 23.2. The Kier molecular flexibility index (Phi) is 7.87. The molecule has 1 atom stereocenters. The van der Waals surface area contributed by atoms with Crippen LogP contribution in [0.5, 0.6) is 11.6 Å². The number of hydrogen-bond donors (Lipinski definition) is 0. The molecule has 45 heavy (non-hydrogen) atoms. The van der Waals surface area contributed by atoms with Gasteiger partial charge in [0.1, 0.15) is 18.5 Å². The van der Waals surface area contributed by atoms with Gasteiger partial charge in [0.25, 0.3) is 0 Å². The standard InChI is InChI=1S/C36H36N2O6S/c1-21-19-27-25(12-14-30(38-27)43-20-24-9-7-8-10-29(24)45(6,40)41)33(31(21)35(22(2)39)44-36(3,4)5)26-11-13-28-32-23(16-18-42-28)15-17-37-34(26)32/h7-15,17,19,35H,16,18,20H2,1-6H3/t35-/m1/s1. The molecule has 232 valence electrons. The fourth-order valence-corrected chi connectivity index (χ4v) is 6.98. The van der Waals surface area contributed by atoms with E-state index >= 15 is 0 Å². The second-order valence-electron chi connectivity index (χ2n) is 12.5. The third kappa shape index (κ3) is 6.02. The van der Waals surface area contributed by atoms with Gasteiger partial charge in [0.15, 0.2) is 15.6 Å². The van der Waals surface area contributed by atoms with Gasteiger partial charge in [-0.25, -0.2) is 13.4 Å². The molecule has 1 aliphatic rings. The third-order valence-electron chi connectivity index (χ3n) is 7.90. The van der Waals surface area contributed by atoms with Crippen molar-refractivity contribution in [3.05, 3.63) is 89.1 Å². The van der Waals surface area contributed by atoms with E-state index in [9.17, 15) is 13.2 Å². The van der Waals surface area contributed by atoms with Crippen LogP contribution in [0.15, 0.2) is 71.8 Å². The Labute approximate surface area is 263 Å². The lowest BCUT2D eigenvalue weighted by molar-refractivity contribution is -0.138. The Morgan fingerprint density at radius 2 is 1.84 bits per heavy atom. The molecular formula is C36H36N2O6S. The molecule has 3 heterocycles. The van der Waals surface area contributed by atoms with Crippen LogP contribution < -0.4 is 9.47 Å². The summed E-state index contributed by atoms with van der Waals surface area (Å²) in [6, 6.07) is 18.4. The minimum absolute atomic E-state index is 0.0380. The molecule has 0 N–H and O–H groups in total.